The van der Waals surface area contributed by atoms with Gasteiger partial charge in [-0.3, -0.25) is 14.2 Å². The van der Waals surface area contributed by atoms with E-state index in [0.717, 1.165) is 40.7 Å². The summed E-state index contributed by atoms with van der Waals surface area (Å²) in [5.74, 6) is -1.16. The van der Waals surface area contributed by atoms with Crippen molar-refractivity contribution in [2.24, 2.45) is 0 Å². The Labute approximate surface area is 207 Å². The third kappa shape index (κ3) is 5.40. The van der Waals surface area contributed by atoms with Crippen LogP contribution in [0.3, 0.4) is 0 Å². The van der Waals surface area contributed by atoms with Gasteiger partial charge in [0.2, 0.25) is 0 Å². The van der Waals surface area contributed by atoms with Gasteiger partial charge in [-0.1, -0.05) is 30.3 Å². The topological polar surface area (TPSA) is 96.6 Å². The van der Waals surface area contributed by atoms with Crippen LogP contribution in [0.25, 0.3) is 10.2 Å². The summed E-state index contributed by atoms with van der Waals surface area (Å²) in [6.45, 7) is 6.62. The lowest BCUT2D eigenvalue weighted by Gasteiger charge is -2.24. The van der Waals surface area contributed by atoms with E-state index in [4.69, 9.17) is 9.47 Å². The first kappa shape index (κ1) is 24.9. The maximum atomic E-state index is 13.5. The van der Waals surface area contributed by atoms with Crippen LogP contribution >= 0.6 is 11.3 Å². The number of fused-ring (bicyclic) bond motifs is 1. The van der Waals surface area contributed by atoms with E-state index >= 15 is 0 Å². The third-order valence-electron chi connectivity index (χ3n) is 5.98. The van der Waals surface area contributed by atoms with Crippen molar-refractivity contribution in [1.82, 2.24) is 9.13 Å². The van der Waals surface area contributed by atoms with E-state index in [1.165, 1.54) is 4.57 Å². The van der Waals surface area contributed by atoms with Crippen LogP contribution in [0.4, 0.5) is 0 Å². The van der Waals surface area contributed by atoms with Crippen LogP contribution < -0.4 is 11.2 Å². The molecule has 4 rings (SSSR count). The van der Waals surface area contributed by atoms with Gasteiger partial charge in [-0.15, -0.1) is 11.3 Å². The first-order valence-corrected chi connectivity index (χ1v) is 12.6. The number of rotatable bonds is 7. The van der Waals surface area contributed by atoms with Gasteiger partial charge in [-0.2, -0.15) is 0 Å². The van der Waals surface area contributed by atoms with Gasteiger partial charge >= 0.3 is 17.6 Å². The zero-order valence-corrected chi connectivity index (χ0v) is 21.3. The lowest BCUT2D eigenvalue weighted by atomic mass is 9.96. The second-order valence-corrected chi connectivity index (χ2v) is 10.8. The van der Waals surface area contributed by atoms with E-state index in [0.29, 0.717) is 21.7 Å². The monoisotopic (exact) mass is 498 g/mol. The molecule has 8 nitrogen and oxygen atoms in total. The molecular weight excluding hydrogens is 468 g/mol. The van der Waals surface area contributed by atoms with Crippen molar-refractivity contribution in [3.05, 3.63) is 67.2 Å². The summed E-state index contributed by atoms with van der Waals surface area (Å²) in [5, 5.41) is 0.256. The van der Waals surface area contributed by atoms with Crippen LogP contribution in [0, 0.1) is 6.92 Å². The largest absolute Gasteiger partial charge is 0.459 e. The van der Waals surface area contributed by atoms with Crippen LogP contribution in [0.15, 0.2) is 39.9 Å². The Hall–Kier alpha value is -3.20. The smallest absolute Gasteiger partial charge is 0.348 e. The minimum Gasteiger partial charge on any atom is -0.459 e. The van der Waals surface area contributed by atoms with Crippen molar-refractivity contribution in [2.45, 2.75) is 78.2 Å². The molecule has 3 aromatic rings. The van der Waals surface area contributed by atoms with Gasteiger partial charge in [0.15, 0.2) is 0 Å². The van der Waals surface area contributed by atoms with E-state index < -0.39 is 35.3 Å². The van der Waals surface area contributed by atoms with Crippen LogP contribution in [-0.4, -0.2) is 32.8 Å². The normalized spacial score (nSPS) is 14.1. The van der Waals surface area contributed by atoms with Crippen molar-refractivity contribution in [3.63, 3.8) is 0 Å². The number of ether oxygens (including phenoxy) is 2. The molecule has 1 fully saturated rings. The van der Waals surface area contributed by atoms with E-state index in [2.05, 4.69) is 0 Å². The molecule has 186 valence electrons. The summed E-state index contributed by atoms with van der Waals surface area (Å²) < 4.78 is 13.3. The average molecular weight is 499 g/mol. The van der Waals surface area contributed by atoms with Gasteiger partial charge in [-0.25, -0.2) is 14.2 Å². The Kier molecular flexibility index (Phi) is 6.98. The summed E-state index contributed by atoms with van der Waals surface area (Å²) in [5.41, 5.74) is -0.484. The van der Waals surface area contributed by atoms with Crippen molar-refractivity contribution in [1.29, 1.82) is 0 Å². The zero-order chi connectivity index (χ0) is 25.3. The van der Waals surface area contributed by atoms with E-state index in [-0.39, 0.29) is 18.0 Å². The average Bonchev–Trinajstić information content (AvgIpc) is 3.10. The number of nitrogens with zero attached hydrogens (tertiary/aromatic N) is 2. The van der Waals surface area contributed by atoms with Gasteiger partial charge in [0.05, 0.1) is 5.39 Å². The molecule has 35 heavy (non-hydrogen) atoms. The molecule has 2 aromatic heterocycles. The summed E-state index contributed by atoms with van der Waals surface area (Å²) in [6.07, 6.45) is 3.13. The number of aryl methyl sites for hydroxylation is 3. The number of esters is 2. The summed E-state index contributed by atoms with van der Waals surface area (Å²) in [7, 11) is 0. The molecule has 0 atom stereocenters. The number of carbonyl (C=O) groups excluding carboxylic acids is 2. The van der Waals surface area contributed by atoms with E-state index in [9.17, 15) is 19.2 Å². The van der Waals surface area contributed by atoms with Gasteiger partial charge in [0, 0.05) is 6.54 Å². The molecule has 0 bridgehead atoms. The summed E-state index contributed by atoms with van der Waals surface area (Å²) in [6, 6.07) is 9.67. The number of hydrogen-bond acceptors (Lipinski definition) is 7. The standard InChI is InChI=1S/C26H30N2O6S/c1-16-20-22(30)28(15-19(29)34-26(2,3)4)25(32)27(14-13-17-9-6-5-7-10-17)23(20)35-21(16)24(31)33-18-11-8-12-18/h5-7,9-10,18H,8,11-15H2,1-4H3. The second-order valence-electron chi connectivity index (χ2n) is 9.84. The molecule has 1 aromatic carbocycles. The maximum Gasteiger partial charge on any atom is 0.348 e. The van der Waals surface area contributed by atoms with Crippen molar-refractivity contribution < 1.29 is 19.1 Å². The molecule has 1 aliphatic carbocycles. The fourth-order valence-corrected chi connectivity index (χ4v) is 5.21. The van der Waals surface area contributed by atoms with Crippen LogP contribution in [0.5, 0.6) is 0 Å². The first-order valence-electron chi connectivity index (χ1n) is 11.8. The molecular formula is C26H30N2O6S. The highest BCUT2D eigenvalue weighted by molar-refractivity contribution is 7.20. The van der Waals surface area contributed by atoms with Crippen molar-refractivity contribution in [2.75, 3.05) is 0 Å². The molecule has 0 unspecified atom stereocenters. The number of benzene rings is 1. The van der Waals surface area contributed by atoms with Gasteiger partial charge in [0.1, 0.15) is 28.0 Å². The van der Waals surface area contributed by atoms with E-state index in [1.54, 1.807) is 27.7 Å². The lowest BCUT2D eigenvalue weighted by molar-refractivity contribution is -0.155. The Morgan fingerprint density at radius 3 is 2.37 bits per heavy atom. The molecule has 0 amide bonds. The Balaban J connectivity index is 1.80. The highest BCUT2D eigenvalue weighted by atomic mass is 32.1. The molecule has 0 saturated heterocycles. The van der Waals surface area contributed by atoms with Crippen molar-refractivity contribution in [3.8, 4) is 0 Å². The fraction of sp³-hybridized carbons (Fsp3) is 0.462. The highest BCUT2D eigenvalue weighted by Gasteiger charge is 2.28. The molecule has 0 aliphatic heterocycles. The molecule has 0 N–H and O–H groups in total. The fourth-order valence-electron chi connectivity index (χ4n) is 4.01. The van der Waals surface area contributed by atoms with Crippen LogP contribution in [-0.2, 0) is 33.8 Å². The number of aromatic nitrogens is 2. The Bertz CT molecular complexity index is 1370. The lowest BCUT2D eigenvalue weighted by Crippen LogP contribution is -2.42. The first-order chi connectivity index (χ1) is 16.5. The number of carbonyl (C=O) groups is 2. The van der Waals surface area contributed by atoms with Crippen molar-refractivity contribution >= 4 is 33.5 Å². The Morgan fingerprint density at radius 1 is 1.09 bits per heavy atom. The summed E-state index contributed by atoms with van der Waals surface area (Å²) in [4.78, 5) is 53.0. The minimum atomic E-state index is -0.756. The highest BCUT2D eigenvalue weighted by Crippen LogP contribution is 2.31. The van der Waals surface area contributed by atoms with Gasteiger partial charge < -0.3 is 9.47 Å². The molecule has 0 radical (unpaired) electrons. The number of hydrogen-bond donors (Lipinski definition) is 0. The molecule has 1 aliphatic rings. The zero-order valence-electron chi connectivity index (χ0n) is 20.5. The number of thiophene rings is 1. The minimum absolute atomic E-state index is 0.101. The quantitative estimate of drug-likeness (QED) is 0.460. The van der Waals surface area contributed by atoms with E-state index in [1.807, 2.05) is 30.3 Å². The maximum absolute atomic E-state index is 13.5. The SMILES string of the molecule is Cc1c(C(=O)OC2CCC2)sc2c1c(=O)n(CC(=O)OC(C)(C)C)c(=O)n2CCc1ccccc1. The molecule has 1 saturated carbocycles. The van der Waals surface area contributed by atoms with Crippen LogP contribution in [0.1, 0.15) is 60.8 Å². The second kappa shape index (κ2) is 9.81. The van der Waals surface area contributed by atoms with Crippen LogP contribution in [0.2, 0.25) is 0 Å². The molecule has 0 spiro atoms. The van der Waals surface area contributed by atoms with Gasteiger partial charge in [0.25, 0.3) is 5.56 Å². The Morgan fingerprint density at radius 2 is 1.77 bits per heavy atom. The van der Waals surface area contributed by atoms with Gasteiger partial charge in [-0.05, 0) is 64.5 Å². The predicted molar refractivity (Wildman–Crippen MR) is 134 cm³/mol. The predicted octanol–water partition coefficient (Wildman–Crippen LogP) is 3.83. The third-order valence-corrected chi connectivity index (χ3v) is 7.27. The summed E-state index contributed by atoms with van der Waals surface area (Å²) >= 11 is 1.10. The molecule has 9 heteroatoms. The molecule has 2 heterocycles.